The summed E-state index contributed by atoms with van der Waals surface area (Å²) in [5, 5.41) is 21.3. The van der Waals surface area contributed by atoms with Crippen LogP contribution >= 0.6 is 0 Å². The fourth-order valence-electron chi connectivity index (χ4n) is 1.97. The van der Waals surface area contributed by atoms with Gasteiger partial charge in [-0.15, -0.1) is 0 Å². The van der Waals surface area contributed by atoms with Gasteiger partial charge < -0.3 is 15.5 Å². The molecule has 2 rings (SSSR count). The number of phenolic OH excluding ortho intramolecular Hbond substituents is 1. The smallest absolute Gasteiger partial charge is 0.337 e. The van der Waals surface area contributed by atoms with Crippen molar-refractivity contribution in [2.24, 2.45) is 0 Å². The first-order chi connectivity index (χ1) is 9.97. The van der Waals surface area contributed by atoms with Gasteiger partial charge >= 0.3 is 5.97 Å². The zero-order valence-electron chi connectivity index (χ0n) is 11.5. The summed E-state index contributed by atoms with van der Waals surface area (Å²) in [7, 11) is 0. The van der Waals surface area contributed by atoms with Crippen LogP contribution in [0, 0.1) is 6.92 Å². The van der Waals surface area contributed by atoms with Crippen LogP contribution < -0.4 is 5.32 Å². The van der Waals surface area contributed by atoms with Crippen molar-refractivity contribution in [2.75, 3.05) is 5.32 Å². The Hall–Kier alpha value is -2.82. The van der Waals surface area contributed by atoms with Gasteiger partial charge in [-0.05, 0) is 25.1 Å². The van der Waals surface area contributed by atoms with E-state index in [1.165, 1.54) is 12.1 Å². The molecule has 0 aromatic heterocycles. The molecule has 0 atom stereocenters. The van der Waals surface area contributed by atoms with E-state index in [1.807, 2.05) is 0 Å². The van der Waals surface area contributed by atoms with E-state index in [1.54, 1.807) is 37.3 Å². The predicted molar refractivity (Wildman–Crippen MR) is 78.6 cm³/mol. The van der Waals surface area contributed by atoms with Gasteiger partial charge in [0.1, 0.15) is 5.75 Å². The fraction of sp³-hybridized carbons (Fsp3) is 0.125. The second-order valence-electron chi connectivity index (χ2n) is 4.71. The molecule has 0 radical (unpaired) electrons. The van der Waals surface area contributed by atoms with Gasteiger partial charge in [0.25, 0.3) is 0 Å². The van der Waals surface area contributed by atoms with Crippen molar-refractivity contribution < 1.29 is 19.8 Å². The number of para-hydroxylation sites is 1. The molecule has 0 saturated carbocycles. The Kier molecular flexibility index (Phi) is 4.23. The van der Waals surface area contributed by atoms with Gasteiger partial charge in [-0.2, -0.15) is 0 Å². The molecular weight excluding hydrogens is 270 g/mol. The number of aryl methyl sites for hydroxylation is 1. The van der Waals surface area contributed by atoms with Crippen molar-refractivity contribution >= 4 is 17.6 Å². The first kappa shape index (κ1) is 14.6. The van der Waals surface area contributed by atoms with E-state index in [0.717, 1.165) is 5.56 Å². The number of aromatic hydroxyl groups is 1. The van der Waals surface area contributed by atoms with Crippen LogP contribution in [0.1, 0.15) is 21.5 Å². The Morgan fingerprint density at radius 3 is 2.52 bits per heavy atom. The molecule has 3 N–H and O–H groups in total. The number of nitrogens with one attached hydrogen (secondary N) is 1. The molecule has 0 aliphatic heterocycles. The normalized spacial score (nSPS) is 10.1. The highest BCUT2D eigenvalue weighted by Crippen LogP contribution is 2.20. The van der Waals surface area contributed by atoms with Gasteiger partial charge in [0.15, 0.2) is 0 Å². The van der Waals surface area contributed by atoms with Gasteiger partial charge in [0, 0.05) is 5.56 Å². The first-order valence-corrected chi connectivity index (χ1v) is 6.38. The molecule has 0 aliphatic carbocycles. The lowest BCUT2D eigenvalue weighted by atomic mass is 10.1. The Balaban J connectivity index is 2.17. The molecular formula is C16H15NO4. The monoisotopic (exact) mass is 285 g/mol. The molecule has 1 amide bonds. The predicted octanol–water partition coefficient (Wildman–Crippen LogP) is 2.58. The number of rotatable bonds is 4. The second kappa shape index (κ2) is 6.09. The Bertz CT molecular complexity index is 694. The minimum atomic E-state index is -1.10. The number of carboxylic acid groups (broad SMARTS) is 1. The van der Waals surface area contributed by atoms with Crippen molar-refractivity contribution in [1.82, 2.24) is 0 Å². The molecule has 0 unspecified atom stereocenters. The highest BCUT2D eigenvalue weighted by Gasteiger charge is 2.13. The summed E-state index contributed by atoms with van der Waals surface area (Å²) in [6, 6.07) is 11.3. The second-order valence-corrected chi connectivity index (χ2v) is 4.71. The number of hydrogen-bond acceptors (Lipinski definition) is 3. The lowest BCUT2D eigenvalue weighted by molar-refractivity contribution is -0.115. The van der Waals surface area contributed by atoms with E-state index >= 15 is 0 Å². The zero-order valence-corrected chi connectivity index (χ0v) is 11.5. The summed E-state index contributed by atoms with van der Waals surface area (Å²) in [5.74, 6) is -1.45. The van der Waals surface area contributed by atoms with Crippen LogP contribution in [0.5, 0.6) is 5.75 Å². The minimum absolute atomic E-state index is 0.0282. The molecule has 2 aromatic rings. The fourth-order valence-corrected chi connectivity index (χ4v) is 1.97. The summed E-state index contributed by atoms with van der Waals surface area (Å²) in [6.45, 7) is 1.78. The van der Waals surface area contributed by atoms with E-state index < -0.39 is 5.97 Å². The molecule has 0 saturated heterocycles. The number of anilines is 1. The summed E-state index contributed by atoms with van der Waals surface area (Å²) in [4.78, 5) is 23.2. The van der Waals surface area contributed by atoms with Crippen molar-refractivity contribution in [3.63, 3.8) is 0 Å². The molecule has 5 heteroatoms. The number of aromatic carboxylic acids is 1. The van der Waals surface area contributed by atoms with Crippen molar-refractivity contribution in [3.05, 3.63) is 59.2 Å². The van der Waals surface area contributed by atoms with Gasteiger partial charge in [-0.25, -0.2) is 4.79 Å². The van der Waals surface area contributed by atoms with Crippen LogP contribution in [0.2, 0.25) is 0 Å². The largest absolute Gasteiger partial charge is 0.508 e. The molecule has 5 nitrogen and oxygen atoms in total. The lowest BCUT2D eigenvalue weighted by Gasteiger charge is -2.10. The summed E-state index contributed by atoms with van der Waals surface area (Å²) < 4.78 is 0. The van der Waals surface area contributed by atoms with Crippen LogP contribution in [-0.2, 0) is 11.2 Å². The maximum atomic E-state index is 12.0. The topological polar surface area (TPSA) is 86.6 Å². The third kappa shape index (κ3) is 3.60. The van der Waals surface area contributed by atoms with Crippen LogP contribution in [0.4, 0.5) is 5.69 Å². The molecule has 2 aromatic carbocycles. The summed E-state index contributed by atoms with van der Waals surface area (Å²) >= 11 is 0. The molecule has 21 heavy (non-hydrogen) atoms. The minimum Gasteiger partial charge on any atom is -0.508 e. The van der Waals surface area contributed by atoms with E-state index in [0.29, 0.717) is 5.56 Å². The van der Waals surface area contributed by atoms with Gasteiger partial charge in [-0.3, -0.25) is 4.79 Å². The molecule has 0 fully saturated rings. The maximum Gasteiger partial charge on any atom is 0.337 e. The maximum absolute atomic E-state index is 12.0. The number of hydrogen-bond donors (Lipinski definition) is 3. The van der Waals surface area contributed by atoms with E-state index in [-0.39, 0.29) is 29.3 Å². The van der Waals surface area contributed by atoms with E-state index in [9.17, 15) is 14.7 Å². The van der Waals surface area contributed by atoms with Gasteiger partial charge in [0.05, 0.1) is 17.7 Å². The SMILES string of the molecule is Cc1ccc(NC(=O)Cc2ccccc2O)c(C(=O)O)c1. The molecule has 0 heterocycles. The lowest BCUT2D eigenvalue weighted by Crippen LogP contribution is -2.17. The van der Waals surface area contributed by atoms with Crippen molar-refractivity contribution in [3.8, 4) is 5.75 Å². The summed E-state index contributed by atoms with van der Waals surface area (Å²) in [5.41, 5.74) is 1.57. The first-order valence-electron chi connectivity index (χ1n) is 6.38. The molecule has 108 valence electrons. The van der Waals surface area contributed by atoms with Crippen molar-refractivity contribution in [2.45, 2.75) is 13.3 Å². The molecule has 0 spiro atoms. The third-order valence-electron chi connectivity index (χ3n) is 3.02. The van der Waals surface area contributed by atoms with Gasteiger partial charge in [-0.1, -0.05) is 29.8 Å². The Labute approximate surface area is 121 Å². The highest BCUT2D eigenvalue weighted by molar-refractivity contribution is 6.01. The average Bonchev–Trinajstić information content (AvgIpc) is 2.43. The number of phenols is 1. The summed E-state index contributed by atoms with van der Waals surface area (Å²) in [6.07, 6.45) is -0.0282. The van der Waals surface area contributed by atoms with Crippen molar-refractivity contribution in [1.29, 1.82) is 0 Å². The standard InChI is InChI=1S/C16H15NO4/c1-10-6-7-13(12(8-10)16(20)21)17-15(19)9-11-4-2-3-5-14(11)18/h2-8,18H,9H2,1H3,(H,17,19)(H,20,21). The molecule has 0 aliphatic rings. The van der Waals surface area contributed by atoms with Crippen LogP contribution in [-0.4, -0.2) is 22.1 Å². The number of benzene rings is 2. The Morgan fingerprint density at radius 2 is 1.86 bits per heavy atom. The van der Waals surface area contributed by atoms with E-state index in [2.05, 4.69) is 5.32 Å². The number of carboxylic acids is 1. The van der Waals surface area contributed by atoms with Crippen LogP contribution in [0.3, 0.4) is 0 Å². The number of amides is 1. The zero-order chi connectivity index (χ0) is 15.4. The third-order valence-corrected chi connectivity index (χ3v) is 3.02. The molecule has 0 bridgehead atoms. The highest BCUT2D eigenvalue weighted by atomic mass is 16.4. The number of carbonyl (C=O) groups is 2. The number of carbonyl (C=O) groups excluding carboxylic acids is 1. The van der Waals surface area contributed by atoms with E-state index in [4.69, 9.17) is 5.11 Å². The van der Waals surface area contributed by atoms with Gasteiger partial charge in [0.2, 0.25) is 5.91 Å². The van der Waals surface area contributed by atoms with Crippen LogP contribution in [0.15, 0.2) is 42.5 Å². The van der Waals surface area contributed by atoms with Crippen LogP contribution in [0.25, 0.3) is 0 Å². The quantitative estimate of drug-likeness (QED) is 0.805. The Morgan fingerprint density at radius 1 is 1.14 bits per heavy atom. The average molecular weight is 285 g/mol.